The lowest BCUT2D eigenvalue weighted by Gasteiger charge is -2.19. The molecule has 0 spiro atoms. The fourth-order valence-electron chi connectivity index (χ4n) is 1.75. The summed E-state index contributed by atoms with van der Waals surface area (Å²) in [6.45, 7) is 2.74. The summed E-state index contributed by atoms with van der Waals surface area (Å²) < 4.78 is 29.4. The minimum absolute atomic E-state index is 0.159. The number of rotatable bonds is 6. The number of hydroxylamine groups is 2. The quantitative estimate of drug-likeness (QED) is 0.768. The lowest BCUT2D eigenvalue weighted by molar-refractivity contribution is -0.0552. The Morgan fingerprint density at radius 2 is 1.50 bits per heavy atom. The predicted molar refractivity (Wildman–Crippen MR) is 77.2 cm³/mol. The molecule has 0 fully saturated rings. The van der Waals surface area contributed by atoms with Gasteiger partial charge in [0.05, 0.1) is 11.4 Å². The first-order chi connectivity index (χ1) is 9.62. The summed E-state index contributed by atoms with van der Waals surface area (Å²) in [4.78, 5) is 0.159. The molecule has 0 aliphatic carbocycles. The normalized spacial score (nSPS) is 11.7. The van der Waals surface area contributed by atoms with Gasteiger partial charge in [-0.3, -0.25) is 0 Å². The standard InChI is InChI=1S/C15H17NO3S/c1-2-16(13-14-9-5-3-6-10-14)19-20(17,18)15-11-7-4-8-12-15/h3-12H,2,13H2,1H3. The Hall–Kier alpha value is -1.69. The Labute approximate surface area is 119 Å². The monoisotopic (exact) mass is 291 g/mol. The van der Waals surface area contributed by atoms with Crippen molar-refractivity contribution in [3.05, 3.63) is 66.2 Å². The van der Waals surface area contributed by atoms with Gasteiger partial charge >= 0.3 is 10.1 Å². The summed E-state index contributed by atoms with van der Waals surface area (Å²) in [6, 6.07) is 17.7. The van der Waals surface area contributed by atoms with Crippen LogP contribution in [0.1, 0.15) is 12.5 Å². The van der Waals surface area contributed by atoms with Crippen molar-refractivity contribution < 1.29 is 12.7 Å². The smallest absolute Gasteiger partial charge is 0.192 e. The van der Waals surface area contributed by atoms with Crippen LogP contribution in [0.5, 0.6) is 0 Å². The highest BCUT2D eigenvalue weighted by Gasteiger charge is 2.19. The van der Waals surface area contributed by atoms with Gasteiger partial charge in [0.25, 0.3) is 0 Å². The zero-order chi connectivity index (χ0) is 14.4. The van der Waals surface area contributed by atoms with Crippen LogP contribution in [-0.2, 0) is 20.9 Å². The number of nitrogens with zero attached hydrogens (tertiary/aromatic N) is 1. The van der Waals surface area contributed by atoms with Gasteiger partial charge < -0.3 is 0 Å². The van der Waals surface area contributed by atoms with Crippen molar-refractivity contribution in [1.29, 1.82) is 0 Å². The van der Waals surface area contributed by atoms with Crippen LogP contribution < -0.4 is 0 Å². The largest absolute Gasteiger partial charge is 0.313 e. The average Bonchev–Trinajstić information content (AvgIpc) is 2.48. The molecule has 2 aromatic carbocycles. The van der Waals surface area contributed by atoms with Gasteiger partial charge in [-0.15, -0.1) is 0 Å². The molecule has 4 nitrogen and oxygen atoms in total. The molecule has 106 valence electrons. The van der Waals surface area contributed by atoms with Gasteiger partial charge in [0.1, 0.15) is 0 Å². The topological polar surface area (TPSA) is 46.6 Å². The molecular formula is C15H17NO3S. The first kappa shape index (κ1) is 14.7. The van der Waals surface area contributed by atoms with Crippen LogP contribution in [0.4, 0.5) is 0 Å². The lowest BCUT2D eigenvalue weighted by atomic mass is 10.2. The molecule has 0 unspecified atom stereocenters. The molecule has 0 aliphatic heterocycles. The Bertz CT molecular complexity index is 627. The molecule has 20 heavy (non-hydrogen) atoms. The van der Waals surface area contributed by atoms with E-state index in [-0.39, 0.29) is 4.90 Å². The molecule has 0 atom stereocenters. The van der Waals surface area contributed by atoms with E-state index >= 15 is 0 Å². The minimum Gasteiger partial charge on any atom is -0.192 e. The summed E-state index contributed by atoms with van der Waals surface area (Å²) >= 11 is 0. The van der Waals surface area contributed by atoms with E-state index < -0.39 is 10.1 Å². The second-order valence-electron chi connectivity index (χ2n) is 4.28. The molecule has 0 bridgehead atoms. The van der Waals surface area contributed by atoms with Gasteiger partial charge in [0.15, 0.2) is 0 Å². The molecule has 0 radical (unpaired) electrons. The van der Waals surface area contributed by atoms with Crippen molar-refractivity contribution in [1.82, 2.24) is 5.06 Å². The number of benzene rings is 2. The Morgan fingerprint density at radius 1 is 0.950 bits per heavy atom. The van der Waals surface area contributed by atoms with E-state index in [0.29, 0.717) is 13.1 Å². The Morgan fingerprint density at radius 3 is 2.05 bits per heavy atom. The second-order valence-corrected chi connectivity index (χ2v) is 5.81. The molecule has 2 rings (SSSR count). The molecule has 0 heterocycles. The summed E-state index contributed by atoms with van der Waals surface area (Å²) in [6.07, 6.45) is 0. The van der Waals surface area contributed by atoms with Crippen molar-refractivity contribution in [2.75, 3.05) is 6.54 Å². The fraction of sp³-hybridized carbons (Fsp3) is 0.200. The van der Waals surface area contributed by atoms with Crippen molar-refractivity contribution in [3.8, 4) is 0 Å². The van der Waals surface area contributed by atoms with Crippen LogP contribution in [0.25, 0.3) is 0 Å². The van der Waals surface area contributed by atoms with Crippen LogP contribution in [0.3, 0.4) is 0 Å². The molecule has 0 saturated carbocycles. The van der Waals surface area contributed by atoms with Crippen LogP contribution in [0.15, 0.2) is 65.6 Å². The van der Waals surface area contributed by atoms with E-state index in [4.69, 9.17) is 4.28 Å². The van der Waals surface area contributed by atoms with E-state index in [1.165, 1.54) is 17.2 Å². The van der Waals surface area contributed by atoms with Crippen molar-refractivity contribution in [3.63, 3.8) is 0 Å². The molecular weight excluding hydrogens is 274 g/mol. The van der Waals surface area contributed by atoms with Crippen LogP contribution in [-0.4, -0.2) is 20.0 Å². The highest BCUT2D eigenvalue weighted by molar-refractivity contribution is 7.86. The maximum Gasteiger partial charge on any atom is 0.313 e. The van der Waals surface area contributed by atoms with Crippen molar-refractivity contribution >= 4 is 10.1 Å². The third kappa shape index (κ3) is 3.90. The first-order valence-corrected chi connectivity index (χ1v) is 7.81. The van der Waals surface area contributed by atoms with E-state index in [0.717, 1.165) is 5.56 Å². The van der Waals surface area contributed by atoms with Gasteiger partial charge in [-0.1, -0.05) is 55.5 Å². The molecule has 0 aromatic heterocycles. The predicted octanol–water partition coefficient (Wildman–Crippen LogP) is 2.83. The third-order valence-corrected chi connectivity index (χ3v) is 4.05. The molecule has 0 N–H and O–H groups in total. The van der Waals surface area contributed by atoms with Gasteiger partial charge in [0, 0.05) is 6.54 Å². The maximum atomic E-state index is 12.1. The lowest BCUT2D eigenvalue weighted by Crippen LogP contribution is -2.27. The van der Waals surface area contributed by atoms with Gasteiger partial charge in [-0.2, -0.15) is 17.8 Å². The Kier molecular flexibility index (Phi) is 4.89. The molecule has 2 aromatic rings. The zero-order valence-electron chi connectivity index (χ0n) is 11.3. The molecule has 0 saturated heterocycles. The van der Waals surface area contributed by atoms with Crippen LogP contribution in [0.2, 0.25) is 0 Å². The molecule has 0 amide bonds. The average molecular weight is 291 g/mol. The SMILES string of the molecule is CCN(Cc1ccccc1)OS(=O)(=O)c1ccccc1. The van der Waals surface area contributed by atoms with Crippen LogP contribution >= 0.6 is 0 Å². The summed E-state index contributed by atoms with van der Waals surface area (Å²) in [5.74, 6) is 0. The van der Waals surface area contributed by atoms with Crippen molar-refractivity contribution in [2.45, 2.75) is 18.4 Å². The molecule has 5 heteroatoms. The highest BCUT2D eigenvalue weighted by atomic mass is 32.2. The van der Waals surface area contributed by atoms with E-state index in [2.05, 4.69) is 0 Å². The summed E-state index contributed by atoms with van der Waals surface area (Å²) in [7, 11) is -3.77. The highest BCUT2D eigenvalue weighted by Crippen LogP contribution is 2.15. The Balaban J connectivity index is 2.10. The second kappa shape index (κ2) is 6.65. The number of hydrogen-bond donors (Lipinski definition) is 0. The van der Waals surface area contributed by atoms with E-state index in [9.17, 15) is 8.42 Å². The van der Waals surface area contributed by atoms with E-state index in [1.807, 2.05) is 37.3 Å². The number of hydrogen-bond acceptors (Lipinski definition) is 4. The summed E-state index contributed by atoms with van der Waals surface area (Å²) in [5.41, 5.74) is 0.998. The molecule has 0 aliphatic rings. The summed E-state index contributed by atoms with van der Waals surface area (Å²) in [5, 5.41) is 1.43. The van der Waals surface area contributed by atoms with Gasteiger partial charge in [-0.05, 0) is 17.7 Å². The fourth-order valence-corrected chi connectivity index (χ4v) is 2.76. The van der Waals surface area contributed by atoms with Gasteiger partial charge in [-0.25, -0.2) is 0 Å². The zero-order valence-corrected chi connectivity index (χ0v) is 12.1. The van der Waals surface area contributed by atoms with Gasteiger partial charge in [0.2, 0.25) is 0 Å². The maximum absolute atomic E-state index is 12.1. The first-order valence-electron chi connectivity index (χ1n) is 6.40. The van der Waals surface area contributed by atoms with Crippen molar-refractivity contribution in [2.24, 2.45) is 0 Å². The van der Waals surface area contributed by atoms with Crippen LogP contribution in [0, 0.1) is 0 Å². The van der Waals surface area contributed by atoms with E-state index in [1.54, 1.807) is 18.2 Å². The third-order valence-electron chi connectivity index (χ3n) is 2.79. The minimum atomic E-state index is -3.77.